The number of halogens is 1. The van der Waals surface area contributed by atoms with Gasteiger partial charge in [0.05, 0.1) is 24.0 Å². The number of nitrogens with one attached hydrogen (secondary N) is 2. The van der Waals surface area contributed by atoms with Crippen LogP contribution in [0.1, 0.15) is 48.4 Å². The topological polar surface area (TPSA) is 63.5 Å². The lowest BCUT2D eigenvalue weighted by atomic mass is 9.89. The van der Waals surface area contributed by atoms with Gasteiger partial charge in [0.2, 0.25) is 0 Å². The smallest absolute Gasteiger partial charge is 0.191 e. The predicted octanol–water partition coefficient (Wildman–Crippen LogP) is 5.33. The maximum Gasteiger partial charge on any atom is 0.191 e. The molecule has 6 nitrogen and oxygen atoms in total. The molecule has 2 unspecified atom stereocenters. The molecule has 3 aromatic rings. The molecule has 0 bridgehead atoms. The number of hydrogen-bond donors (Lipinski definition) is 2. The van der Waals surface area contributed by atoms with Gasteiger partial charge in [0.15, 0.2) is 5.96 Å². The Labute approximate surface area is 220 Å². The van der Waals surface area contributed by atoms with Crippen molar-refractivity contribution in [1.29, 1.82) is 0 Å². The number of nitrogens with zero attached hydrogens (tertiary/aromatic N) is 3. The summed E-state index contributed by atoms with van der Waals surface area (Å²) in [5, 5.41) is 11.6. The Kier molecular flexibility index (Phi) is 9.95. The molecule has 2 aromatic carbocycles. The van der Waals surface area contributed by atoms with Crippen molar-refractivity contribution in [2.75, 3.05) is 19.7 Å². The molecule has 0 aliphatic carbocycles. The molecule has 2 N–H and O–H groups in total. The average Bonchev–Trinajstić information content (AvgIpc) is 3.19. The maximum atomic E-state index is 6.17. The van der Waals surface area contributed by atoms with Gasteiger partial charge in [-0.15, -0.1) is 24.0 Å². The molecule has 1 aliphatic rings. The van der Waals surface area contributed by atoms with E-state index < -0.39 is 0 Å². The molecular weight excluding hydrogens is 537 g/mol. The van der Waals surface area contributed by atoms with E-state index in [0.29, 0.717) is 12.5 Å². The monoisotopic (exact) mass is 573 g/mol. The number of aryl methyl sites for hydroxylation is 2. The normalized spacial score (nSPS) is 18.3. The highest BCUT2D eigenvalue weighted by Gasteiger charge is 2.27. The Balaban J connectivity index is 0.00000324. The van der Waals surface area contributed by atoms with Crippen LogP contribution in [-0.4, -0.2) is 35.4 Å². The second kappa shape index (κ2) is 12.9. The zero-order valence-corrected chi connectivity index (χ0v) is 22.7. The minimum atomic E-state index is 0. The van der Waals surface area contributed by atoms with E-state index in [4.69, 9.17) is 9.73 Å². The Bertz CT molecular complexity index is 1070. The van der Waals surface area contributed by atoms with Gasteiger partial charge in [-0.3, -0.25) is 0 Å². The van der Waals surface area contributed by atoms with Crippen molar-refractivity contribution in [2.24, 2.45) is 10.9 Å². The van der Waals surface area contributed by atoms with E-state index in [2.05, 4.69) is 90.2 Å². The quantitative estimate of drug-likeness (QED) is 0.228. The summed E-state index contributed by atoms with van der Waals surface area (Å²) in [7, 11) is 0. The van der Waals surface area contributed by atoms with E-state index >= 15 is 0 Å². The molecule has 34 heavy (non-hydrogen) atoms. The summed E-state index contributed by atoms with van der Waals surface area (Å²) in [6, 6.07) is 21.0. The van der Waals surface area contributed by atoms with Crippen molar-refractivity contribution >= 4 is 29.9 Å². The van der Waals surface area contributed by atoms with Crippen molar-refractivity contribution in [3.8, 4) is 5.69 Å². The van der Waals surface area contributed by atoms with E-state index in [1.165, 1.54) is 5.56 Å². The SMILES string of the molecule is CCNC(=NCc1ccccc1-n1nc(C)cc1C)NCC1CCCOC1c1ccccc1.I. The molecule has 4 rings (SSSR count). The Morgan fingerprint density at radius 3 is 2.59 bits per heavy atom. The molecule has 1 aliphatic heterocycles. The summed E-state index contributed by atoms with van der Waals surface area (Å²) < 4.78 is 8.17. The molecule has 1 fully saturated rings. The molecule has 1 aromatic heterocycles. The van der Waals surface area contributed by atoms with Crippen LogP contribution in [0.2, 0.25) is 0 Å². The zero-order valence-electron chi connectivity index (χ0n) is 20.3. The molecule has 0 spiro atoms. The maximum absolute atomic E-state index is 6.17. The lowest BCUT2D eigenvalue weighted by Crippen LogP contribution is -2.42. The largest absolute Gasteiger partial charge is 0.373 e. The number of aromatic nitrogens is 2. The van der Waals surface area contributed by atoms with E-state index in [0.717, 1.165) is 61.1 Å². The summed E-state index contributed by atoms with van der Waals surface area (Å²) in [5.41, 5.74) is 5.61. The molecule has 7 heteroatoms. The van der Waals surface area contributed by atoms with Crippen molar-refractivity contribution in [2.45, 2.75) is 46.3 Å². The van der Waals surface area contributed by atoms with Gasteiger partial charge in [-0.2, -0.15) is 5.10 Å². The van der Waals surface area contributed by atoms with Gasteiger partial charge >= 0.3 is 0 Å². The van der Waals surface area contributed by atoms with Crippen LogP contribution >= 0.6 is 24.0 Å². The standard InChI is InChI=1S/C27H35N5O.HI/c1-4-28-27(30-19-24-14-10-16-33-26(24)22-11-6-5-7-12-22)29-18-23-13-8-9-15-25(23)32-21(3)17-20(2)31-32;/h5-9,11-13,15,17,24,26H,4,10,14,16,18-19H2,1-3H3,(H2,28,29,30);1H. The molecule has 0 radical (unpaired) electrons. The van der Waals surface area contributed by atoms with Gasteiger partial charge in [-0.1, -0.05) is 48.5 Å². The Morgan fingerprint density at radius 2 is 1.85 bits per heavy atom. The highest BCUT2D eigenvalue weighted by atomic mass is 127. The van der Waals surface area contributed by atoms with Gasteiger partial charge in [0.1, 0.15) is 0 Å². The molecule has 182 valence electrons. The van der Waals surface area contributed by atoms with Crippen molar-refractivity contribution in [3.05, 3.63) is 83.2 Å². The van der Waals surface area contributed by atoms with Gasteiger partial charge in [-0.05, 0) is 56.9 Å². The first kappa shape index (κ1) is 26.2. The van der Waals surface area contributed by atoms with Gasteiger partial charge in [-0.25, -0.2) is 9.67 Å². The van der Waals surface area contributed by atoms with Crippen LogP contribution in [0.15, 0.2) is 65.7 Å². The number of aliphatic imine (C=N–C) groups is 1. The second-order valence-electron chi connectivity index (χ2n) is 8.65. The van der Waals surface area contributed by atoms with Crippen molar-refractivity contribution in [3.63, 3.8) is 0 Å². The van der Waals surface area contributed by atoms with E-state index in [-0.39, 0.29) is 30.1 Å². The zero-order chi connectivity index (χ0) is 23.0. The molecule has 0 amide bonds. The Hall–Kier alpha value is -2.39. The molecule has 1 saturated heterocycles. The second-order valence-corrected chi connectivity index (χ2v) is 8.65. The number of benzene rings is 2. The highest BCUT2D eigenvalue weighted by Crippen LogP contribution is 2.33. The molecular formula is C27H36IN5O. The lowest BCUT2D eigenvalue weighted by molar-refractivity contribution is -0.0265. The van der Waals surface area contributed by atoms with Crippen LogP contribution in [0.5, 0.6) is 0 Å². The van der Waals surface area contributed by atoms with Crippen LogP contribution in [0.4, 0.5) is 0 Å². The Morgan fingerprint density at radius 1 is 1.09 bits per heavy atom. The number of para-hydroxylation sites is 1. The number of guanidine groups is 1. The van der Waals surface area contributed by atoms with Crippen LogP contribution in [0.25, 0.3) is 5.69 Å². The first-order valence-electron chi connectivity index (χ1n) is 12.0. The van der Waals surface area contributed by atoms with Gasteiger partial charge < -0.3 is 15.4 Å². The van der Waals surface area contributed by atoms with Gasteiger partial charge in [0.25, 0.3) is 0 Å². The first-order valence-corrected chi connectivity index (χ1v) is 12.0. The molecule has 0 saturated carbocycles. The molecule has 2 atom stereocenters. The van der Waals surface area contributed by atoms with Crippen LogP contribution in [-0.2, 0) is 11.3 Å². The van der Waals surface area contributed by atoms with E-state index in [1.54, 1.807) is 0 Å². The summed E-state index contributed by atoms with van der Waals surface area (Å²) >= 11 is 0. The summed E-state index contributed by atoms with van der Waals surface area (Å²) in [6.45, 7) is 9.24. The summed E-state index contributed by atoms with van der Waals surface area (Å²) in [5.74, 6) is 1.24. The van der Waals surface area contributed by atoms with Crippen LogP contribution in [0.3, 0.4) is 0 Å². The fourth-order valence-corrected chi connectivity index (χ4v) is 4.52. The summed E-state index contributed by atoms with van der Waals surface area (Å²) in [4.78, 5) is 4.90. The van der Waals surface area contributed by atoms with Crippen molar-refractivity contribution < 1.29 is 4.74 Å². The van der Waals surface area contributed by atoms with Crippen LogP contribution in [0, 0.1) is 19.8 Å². The number of hydrogen-bond acceptors (Lipinski definition) is 3. The minimum Gasteiger partial charge on any atom is -0.373 e. The highest BCUT2D eigenvalue weighted by molar-refractivity contribution is 14.0. The minimum absolute atomic E-state index is 0. The number of rotatable bonds is 7. The molecule has 2 heterocycles. The first-order chi connectivity index (χ1) is 16.2. The lowest BCUT2D eigenvalue weighted by Gasteiger charge is -2.32. The number of ether oxygens (including phenoxy) is 1. The van der Waals surface area contributed by atoms with Gasteiger partial charge in [0, 0.05) is 31.3 Å². The average molecular weight is 574 g/mol. The predicted molar refractivity (Wildman–Crippen MR) is 149 cm³/mol. The third-order valence-electron chi connectivity index (χ3n) is 6.09. The van der Waals surface area contributed by atoms with Crippen molar-refractivity contribution in [1.82, 2.24) is 20.4 Å². The van der Waals surface area contributed by atoms with E-state index in [9.17, 15) is 0 Å². The third-order valence-corrected chi connectivity index (χ3v) is 6.09. The van der Waals surface area contributed by atoms with E-state index in [1.807, 2.05) is 11.6 Å². The van der Waals surface area contributed by atoms with Crippen LogP contribution < -0.4 is 10.6 Å². The fraction of sp³-hybridized carbons (Fsp3) is 0.407. The third kappa shape index (κ3) is 6.60. The summed E-state index contributed by atoms with van der Waals surface area (Å²) in [6.07, 6.45) is 2.37. The fourth-order valence-electron chi connectivity index (χ4n) is 4.52.